The van der Waals surface area contributed by atoms with Gasteiger partial charge in [0.25, 0.3) is 0 Å². The van der Waals surface area contributed by atoms with Gasteiger partial charge in [0.1, 0.15) is 18.3 Å². The molecule has 10 nitrogen and oxygen atoms in total. The Morgan fingerprint density at radius 1 is 1.38 bits per heavy atom. The quantitative estimate of drug-likeness (QED) is 0.353. The minimum Gasteiger partial charge on any atom is -0.478 e. The summed E-state index contributed by atoms with van der Waals surface area (Å²) >= 11 is 0.946. The standard InChI is InChI=1S/C20H20FN3O7S/c1-8(26)22-16-12(5-14(20(29)30)31-18(16)17(28)13(27)7-25)24-6-10-11(23-24)3-2-9-4-15(21)32-19(9)10/h2-6,12-13,16-18,25,27-28H,7H2,1H3,(H,22,26)(H,29,30)/t12-,13+,16+,17+,18+/m0/s1. The van der Waals surface area contributed by atoms with Crippen LogP contribution in [0.2, 0.25) is 0 Å². The van der Waals surface area contributed by atoms with Crippen molar-refractivity contribution in [3.05, 3.63) is 41.4 Å². The first kappa shape index (κ1) is 22.1. The molecule has 0 radical (unpaired) electrons. The van der Waals surface area contributed by atoms with Gasteiger partial charge < -0.3 is 30.5 Å². The van der Waals surface area contributed by atoms with Crippen LogP contribution < -0.4 is 5.32 Å². The number of aliphatic hydroxyl groups is 3. The van der Waals surface area contributed by atoms with E-state index in [1.165, 1.54) is 23.7 Å². The van der Waals surface area contributed by atoms with Crippen molar-refractivity contribution in [2.45, 2.75) is 37.3 Å². The fraction of sp³-hybridized carbons (Fsp3) is 0.350. The number of nitrogens with one attached hydrogen (secondary N) is 1. The van der Waals surface area contributed by atoms with Crippen LogP contribution >= 0.6 is 11.3 Å². The normalized spacial score (nSPS) is 22.9. The molecule has 1 aliphatic heterocycles. The van der Waals surface area contributed by atoms with Gasteiger partial charge in [-0.25, -0.2) is 4.79 Å². The van der Waals surface area contributed by atoms with E-state index in [1.807, 2.05) is 0 Å². The Hall–Kier alpha value is -3.06. The van der Waals surface area contributed by atoms with E-state index in [2.05, 4.69) is 10.4 Å². The molecule has 0 bridgehead atoms. The topological polar surface area (TPSA) is 154 Å². The van der Waals surface area contributed by atoms with Crippen molar-refractivity contribution in [3.8, 4) is 0 Å². The molecule has 1 aromatic carbocycles. The van der Waals surface area contributed by atoms with E-state index in [-0.39, 0.29) is 5.13 Å². The number of carboxylic acid groups (broad SMARTS) is 1. The molecule has 32 heavy (non-hydrogen) atoms. The van der Waals surface area contributed by atoms with E-state index in [1.54, 1.807) is 18.3 Å². The van der Waals surface area contributed by atoms with Crippen molar-refractivity contribution in [1.29, 1.82) is 0 Å². The number of rotatable bonds is 6. The summed E-state index contributed by atoms with van der Waals surface area (Å²) in [5, 5.41) is 47.2. The molecule has 1 aliphatic rings. The number of aliphatic hydroxyl groups excluding tert-OH is 3. The molecule has 3 heterocycles. The number of aliphatic carboxylic acids is 1. The third-order valence-electron chi connectivity index (χ3n) is 5.27. The predicted octanol–water partition coefficient (Wildman–Crippen LogP) is 0.517. The van der Waals surface area contributed by atoms with Gasteiger partial charge in [-0.2, -0.15) is 9.49 Å². The van der Waals surface area contributed by atoms with Crippen LogP contribution in [-0.2, 0) is 14.3 Å². The molecule has 0 unspecified atom stereocenters. The summed E-state index contributed by atoms with van der Waals surface area (Å²) in [5.41, 5.74) is 0.519. The van der Waals surface area contributed by atoms with E-state index in [4.69, 9.17) is 4.74 Å². The van der Waals surface area contributed by atoms with E-state index in [9.17, 15) is 34.4 Å². The fourth-order valence-corrected chi connectivity index (χ4v) is 4.71. The van der Waals surface area contributed by atoms with Crippen molar-refractivity contribution in [2.24, 2.45) is 0 Å². The number of carbonyl (C=O) groups excluding carboxylic acids is 1. The second-order valence-electron chi connectivity index (χ2n) is 7.45. The number of amides is 1. The summed E-state index contributed by atoms with van der Waals surface area (Å²) in [6.07, 6.45) is -1.94. The van der Waals surface area contributed by atoms with Gasteiger partial charge in [-0.15, -0.1) is 11.3 Å². The zero-order chi connectivity index (χ0) is 23.2. The number of fused-ring (bicyclic) bond motifs is 3. The largest absolute Gasteiger partial charge is 0.478 e. The SMILES string of the molecule is CC(=O)N[C@H]1[C@H]([C@H](O)[C@H](O)CO)OC(C(=O)O)=C[C@@H]1n1cc2c(ccc3cc(F)sc32)n1. The van der Waals surface area contributed by atoms with Crippen LogP contribution in [0.3, 0.4) is 0 Å². The number of hydrogen-bond acceptors (Lipinski definition) is 8. The second-order valence-corrected chi connectivity index (χ2v) is 8.45. The van der Waals surface area contributed by atoms with Crippen LogP contribution in [0.4, 0.5) is 4.39 Å². The summed E-state index contributed by atoms with van der Waals surface area (Å²) in [4.78, 5) is 23.6. The maximum Gasteiger partial charge on any atom is 0.370 e. The average Bonchev–Trinajstić information content (AvgIpc) is 3.34. The minimum absolute atomic E-state index is 0.364. The number of halogens is 1. The maximum absolute atomic E-state index is 13.8. The first-order valence-electron chi connectivity index (χ1n) is 9.62. The average molecular weight is 465 g/mol. The Morgan fingerprint density at radius 3 is 2.78 bits per heavy atom. The van der Waals surface area contributed by atoms with Crippen LogP contribution in [0.15, 0.2) is 36.2 Å². The molecule has 5 N–H and O–H groups in total. The molecule has 3 aromatic rings. The van der Waals surface area contributed by atoms with E-state index in [0.29, 0.717) is 21.0 Å². The summed E-state index contributed by atoms with van der Waals surface area (Å²) in [6, 6.07) is 2.83. The highest BCUT2D eigenvalue weighted by Gasteiger charge is 2.44. The highest BCUT2D eigenvalue weighted by molar-refractivity contribution is 7.18. The van der Waals surface area contributed by atoms with Crippen molar-refractivity contribution < 1.29 is 39.1 Å². The number of nitrogens with zero attached hydrogens (tertiary/aromatic N) is 2. The zero-order valence-electron chi connectivity index (χ0n) is 16.7. The van der Waals surface area contributed by atoms with E-state index >= 15 is 0 Å². The van der Waals surface area contributed by atoms with Gasteiger partial charge in [0, 0.05) is 23.2 Å². The predicted molar refractivity (Wildman–Crippen MR) is 111 cm³/mol. The number of thiophene rings is 1. The molecular weight excluding hydrogens is 445 g/mol. The number of aromatic nitrogens is 2. The molecule has 0 aliphatic carbocycles. The van der Waals surface area contributed by atoms with Crippen LogP contribution in [0, 0.1) is 5.13 Å². The van der Waals surface area contributed by atoms with Crippen molar-refractivity contribution in [3.63, 3.8) is 0 Å². The number of carbonyl (C=O) groups is 2. The van der Waals surface area contributed by atoms with E-state index in [0.717, 1.165) is 11.3 Å². The molecule has 0 spiro atoms. The molecule has 1 amide bonds. The lowest BCUT2D eigenvalue weighted by molar-refractivity contribution is -0.147. The first-order valence-corrected chi connectivity index (χ1v) is 10.4. The highest BCUT2D eigenvalue weighted by atomic mass is 32.1. The fourth-order valence-electron chi connectivity index (χ4n) is 3.82. The number of hydrogen-bond donors (Lipinski definition) is 5. The van der Waals surface area contributed by atoms with Crippen LogP contribution in [-0.4, -0.2) is 73.0 Å². The number of ether oxygens (including phenoxy) is 1. The Bertz CT molecular complexity index is 1220. The van der Waals surface area contributed by atoms with E-state index < -0.39 is 54.6 Å². The number of benzene rings is 1. The molecule has 0 saturated carbocycles. The smallest absolute Gasteiger partial charge is 0.370 e. The Balaban J connectivity index is 1.86. The van der Waals surface area contributed by atoms with Crippen LogP contribution in [0.1, 0.15) is 13.0 Å². The van der Waals surface area contributed by atoms with Gasteiger partial charge in [0.2, 0.25) is 11.7 Å². The molecular formula is C20H20FN3O7S. The molecule has 0 fully saturated rings. The lowest BCUT2D eigenvalue weighted by Crippen LogP contribution is -2.58. The monoisotopic (exact) mass is 465 g/mol. The summed E-state index contributed by atoms with van der Waals surface area (Å²) in [7, 11) is 0. The van der Waals surface area contributed by atoms with Crippen molar-refractivity contribution in [2.75, 3.05) is 6.61 Å². The Morgan fingerprint density at radius 2 is 2.12 bits per heavy atom. The summed E-state index contributed by atoms with van der Waals surface area (Å²) in [5.74, 6) is -2.44. The van der Waals surface area contributed by atoms with Gasteiger partial charge in [-0.3, -0.25) is 9.48 Å². The third kappa shape index (κ3) is 3.93. The summed E-state index contributed by atoms with van der Waals surface area (Å²) in [6.45, 7) is 0.426. The van der Waals surface area contributed by atoms with Crippen LogP contribution in [0.25, 0.3) is 21.0 Å². The Labute approximate surface area is 184 Å². The first-order chi connectivity index (χ1) is 15.2. The maximum atomic E-state index is 13.8. The van der Waals surface area contributed by atoms with Crippen molar-refractivity contribution >= 4 is 44.2 Å². The van der Waals surface area contributed by atoms with Gasteiger partial charge in [0.05, 0.1) is 24.2 Å². The second kappa shape index (κ2) is 8.47. The van der Waals surface area contributed by atoms with Gasteiger partial charge in [0.15, 0.2) is 5.13 Å². The molecule has 170 valence electrons. The molecule has 2 aromatic heterocycles. The molecule has 0 saturated heterocycles. The van der Waals surface area contributed by atoms with Gasteiger partial charge in [-0.05, 0) is 23.6 Å². The Kier molecular flexibility index (Phi) is 5.86. The molecule has 4 rings (SSSR count). The lowest BCUT2D eigenvalue weighted by atomic mass is 9.92. The highest BCUT2D eigenvalue weighted by Crippen LogP contribution is 2.35. The third-order valence-corrected chi connectivity index (χ3v) is 6.24. The molecule has 5 atom stereocenters. The zero-order valence-corrected chi connectivity index (χ0v) is 17.5. The molecule has 12 heteroatoms. The van der Waals surface area contributed by atoms with Gasteiger partial charge >= 0.3 is 5.97 Å². The van der Waals surface area contributed by atoms with Crippen LogP contribution in [0.5, 0.6) is 0 Å². The minimum atomic E-state index is -1.72. The number of carboxylic acids is 1. The summed E-state index contributed by atoms with van der Waals surface area (Å²) < 4.78 is 21.2. The lowest BCUT2D eigenvalue weighted by Gasteiger charge is -2.39. The van der Waals surface area contributed by atoms with Crippen molar-refractivity contribution in [1.82, 2.24) is 15.1 Å². The van der Waals surface area contributed by atoms with Gasteiger partial charge in [-0.1, -0.05) is 6.07 Å².